The highest BCUT2D eigenvalue weighted by Crippen LogP contribution is 2.34. The number of hydrogen-bond donors (Lipinski definition) is 5. The van der Waals surface area contributed by atoms with E-state index in [4.69, 9.17) is 11.5 Å². The lowest BCUT2D eigenvalue weighted by Gasteiger charge is -2.28. The number of nitrogens with one attached hydrogen (secondary N) is 1. The zero-order valence-corrected chi connectivity index (χ0v) is 26.2. The van der Waals surface area contributed by atoms with Crippen LogP contribution in [0.2, 0.25) is 0 Å². The molecule has 0 aromatic heterocycles. The van der Waals surface area contributed by atoms with Crippen molar-refractivity contribution in [2.24, 2.45) is 40.1 Å². The van der Waals surface area contributed by atoms with Crippen LogP contribution in [0.3, 0.4) is 0 Å². The summed E-state index contributed by atoms with van der Waals surface area (Å²) in [5, 5.41) is 23.1. The fourth-order valence-electron chi connectivity index (χ4n) is 6.44. The molecule has 42 heavy (non-hydrogen) atoms. The monoisotopic (exact) mass is 587 g/mol. The molecule has 0 saturated heterocycles. The molecule has 0 spiro atoms. The molecule has 0 aromatic carbocycles. The topological polar surface area (TPSA) is 154 Å². The second-order valence-corrected chi connectivity index (χ2v) is 12.4. The molecule has 0 radical (unpaired) electrons. The molecule has 1 saturated carbocycles. The van der Waals surface area contributed by atoms with Crippen LogP contribution in [0.25, 0.3) is 0 Å². The summed E-state index contributed by atoms with van der Waals surface area (Å²) in [6, 6.07) is -1.73. The molecule has 238 valence electrons. The van der Waals surface area contributed by atoms with Crippen LogP contribution in [0.15, 0.2) is 40.9 Å². The molecule has 2 rings (SSSR count). The lowest BCUT2D eigenvalue weighted by molar-refractivity contribution is -0.137. The van der Waals surface area contributed by atoms with Gasteiger partial charge < -0.3 is 31.9 Å². The van der Waals surface area contributed by atoms with Crippen LogP contribution in [-0.2, 0) is 4.79 Å². The minimum absolute atomic E-state index is 0.163. The van der Waals surface area contributed by atoms with E-state index in [0.29, 0.717) is 24.8 Å². The van der Waals surface area contributed by atoms with Crippen LogP contribution in [0.4, 0.5) is 4.79 Å². The van der Waals surface area contributed by atoms with Crippen LogP contribution in [0.1, 0.15) is 97.3 Å². The number of hydrogen-bond acceptors (Lipinski definition) is 4. The molecule has 9 nitrogen and oxygen atoms in total. The second-order valence-electron chi connectivity index (χ2n) is 12.4. The van der Waals surface area contributed by atoms with E-state index < -0.39 is 18.0 Å². The molecule has 0 bridgehead atoms. The number of guanidine groups is 1. The van der Waals surface area contributed by atoms with Crippen molar-refractivity contribution in [2.75, 3.05) is 20.1 Å². The first kappa shape index (κ1) is 35.4. The zero-order valence-electron chi connectivity index (χ0n) is 26.2. The van der Waals surface area contributed by atoms with E-state index in [0.717, 1.165) is 50.0 Å². The Labute approximate surface area is 253 Å². The summed E-state index contributed by atoms with van der Waals surface area (Å²) in [4.78, 5) is 29.3. The van der Waals surface area contributed by atoms with Gasteiger partial charge in [0.2, 0.25) is 0 Å². The van der Waals surface area contributed by atoms with E-state index in [-0.39, 0.29) is 24.5 Å². The number of carboxylic acids is 1. The third-order valence-corrected chi connectivity index (χ3v) is 8.84. The third-order valence-electron chi connectivity index (χ3n) is 8.84. The molecule has 0 aliphatic heterocycles. The van der Waals surface area contributed by atoms with Crippen LogP contribution in [0, 0.1) is 23.7 Å². The summed E-state index contributed by atoms with van der Waals surface area (Å²) in [5.74, 6) is 1.31. The number of carbonyl (C=O) groups excluding carboxylic acids is 1. The fourth-order valence-corrected chi connectivity index (χ4v) is 6.44. The van der Waals surface area contributed by atoms with Gasteiger partial charge >= 0.3 is 12.0 Å². The van der Waals surface area contributed by atoms with Crippen LogP contribution in [-0.4, -0.2) is 65.4 Å². The van der Waals surface area contributed by atoms with Gasteiger partial charge in [0.1, 0.15) is 0 Å². The summed E-state index contributed by atoms with van der Waals surface area (Å²) in [6.45, 7) is 5.32. The molecular weight excluding hydrogens is 530 g/mol. The van der Waals surface area contributed by atoms with Crippen molar-refractivity contribution in [2.45, 2.75) is 109 Å². The predicted octanol–water partition coefficient (Wildman–Crippen LogP) is 5.36. The van der Waals surface area contributed by atoms with Gasteiger partial charge in [0.15, 0.2) is 12.0 Å². The summed E-state index contributed by atoms with van der Waals surface area (Å²) in [6.07, 6.45) is 23.3. The number of amides is 2. The third kappa shape index (κ3) is 13.4. The number of aliphatic hydroxyl groups is 1. The van der Waals surface area contributed by atoms with Crippen LogP contribution >= 0.6 is 0 Å². The zero-order chi connectivity index (χ0) is 30.9. The van der Waals surface area contributed by atoms with E-state index in [1.54, 1.807) is 24.1 Å². The highest BCUT2D eigenvalue weighted by molar-refractivity contribution is 5.84. The number of nitrogens with zero attached hydrogens (tertiary/aromatic N) is 2. The molecule has 7 N–H and O–H groups in total. The minimum Gasteiger partial charge on any atom is -0.479 e. The smallest absolute Gasteiger partial charge is 0.332 e. The van der Waals surface area contributed by atoms with Crippen molar-refractivity contribution in [3.05, 3.63) is 36.0 Å². The van der Waals surface area contributed by atoms with Crippen molar-refractivity contribution in [3.8, 4) is 0 Å². The van der Waals surface area contributed by atoms with Gasteiger partial charge in [0, 0.05) is 20.1 Å². The van der Waals surface area contributed by atoms with Gasteiger partial charge in [-0.25, -0.2) is 14.6 Å². The van der Waals surface area contributed by atoms with Crippen molar-refractivity contribution < 1.29 is 19.8 Å². The van der Waals surface area contributed by atoms with Crippen molar-refractivity contribution in [1.82, 2.24) is 10.2 Å². The predicted molar refractivity (Wildman–Crippen MR) is 171 cm³/mol. The van der Waals surface area contributed by atoms with E-state index in [1.165, 1.54) is 38.5 Å². The highest BCUT2D eigenvalue weighted by Gasteiger charge is 2.24. The Morgan fingerprint density at radius 1 is 1.14 bits per heavy atom. The number of urea groups is 1. The van der Waals surface area contributed by atoms with Gasteiger partial charge in [-0.15, -0.1) is 0 Å². The maximum Gasteiger partial charge on any atom is 0.332 e. The van der Waals surface area contributed by atoms with Gasteiger partial charge in [0.25, 0.3) is 0 Å². The first-order valence-corrected chi connectivity index (χ1v) is 16.1. The van der Waals surface area contributed by atoms with Crippen LogP contribution in [0.5, 0.6) is 0 Å². The lowest BCUT2D eigenvalue weighted by Crippen LogP contribution is -2.37. The van der Waals surface area contributed by atoms with Crippen molar-refractivity contribution in [3.63, 3.8) is 0 Å². The number of aliphatic imine (C=N–C) groups is 1. The molecule has 2 aliphatic carbocycles. The van der Waals surface area contributed by atoms with Crippen molar-refractivity contribution in [1.29, 1.82) is 0 Å². The van der Waals surface area contributed by atoms with E-state index >= 15 is 0 Å². The average Bonchev–Trinajstić information content (AvgIpc) is 3.48. The first-order chi connectivity index (χ1) is 20.1. The Morgan fingerprint density at radius 2 is 1.90 bits per heavy atom. The largest absolute Gasteiger partial charge is 0.479 e. The first-order valence-electron chi connectivity index (χ1n) is 16.1. The van der Waals surface area contributed by atoms with Gasteiger partial charge in [-0.05, 0) is 86.7 Å². The fraction of sp³-hybridized carbons (Fsp3) is 0.727. The highest BCUT2D eigenvalue weighted by atomic mass is 16.4. The summed E-state index contributed by atoms with van der Waals surface area (Å²) in [5.41, 5.74) is 12.3. The van der Waals surface area contributed by atoms with E-state index in [1.807, 2.05) is 6.08 Å². The molecule has 1 fully saturated rings. The quantitative estimate of drug-likeness (QED) is 0.0630. The molecule has 2 aliphatic rings. The molecule has 6 atom stereocenters. The Balaban J connectivity index is 1.92. The SMILES string of the molecule is CCCC(CCCC(O)CCCN(C)C(N)=NC(C=C(C=CCNC(N)=O)C1CCCC(C)C1)C(=O)O)C1C=CCC1. The Bertz CT molecular complexity index is 947. The summed E-state index contributed by atoms with van der Waals surface area (Å²) in [7, 11) is 1.80. The average molecular weight is 588 g/mol. The van der Waals surface area contributed by atoms with E-state index in [9.17, 15) is 19.8 Å². The maximum absolute atomic E-state index is 12.2. The Hall–Kier alpha value is -2.81. The number of carbonyl (C=O) groups is 2. The van der Waals surface area contributed by atoms with Crippen molar-refractivity contribution >= 4 is 18.0 Å². The summed E-state index contributed by atoms with van der Waals surface area (Å²) < 4.78 is 0. The molecule has 0 heterocycles. The number of allylic oxidation sites excluding steroid dienone is 4. The normalized spacial score (nSPS) is 23.6. The Kier molecular flexibility index (Phi) is 16.3. The van der Waals surface area contributed by atoms with Gasteiger partial charge in [-0.2, -0.15) is 0 Å². The molecule has 2 amide bonds. The van der Waals surface area contributed by atoms with Gasteiger partial charge in [-0.3, -0.25) is 0 Å². The Morgan fingerprint density at radius 3 is 2.55 bits per heavy atom. The molecular formula is C33H57N5O4. The standard InChI is InChI=1S/C33H57N5O4/c1-4-11-25(26-13-5-6-14-26)15-8-18-29(39)19-10-21-38(3)32(34)37-30(31(40)41)23-28(17-9-20-36-33(35)42)27-16-7-12-24(2)22-27/h5,9,13,17,23-27,29-30,39H,4,6-8,10-12,14-16,18-22H2,1-3H3,(H2,34,37)(H,40,41)(H3,35,36,42). The molecule has 0 aromatic rings. The number of aliphatic hydroxyl groups excluding tert-OH is 1. The molecule has 6 unspecified atom stereocenters. The number of nitrogens with two attached hydrogens (primary N) is 2. The maximum atomic E-state index is 12.2. The number of primary amides is 1. The van der Waals surface area contributed by atoms with E-state index in [2.05, 4.69) is 36.3 Å². The van der Waals surface area contributed by atoms with Crippen LogP contribution < -0.4 is 16.8 Å². The molecule has 9 heteroatoms. The summed E-state index contributed by atoms with van der Waals surface area (Å²) >= 11 is 0. The number of aliphatic carboxylic acids is 1. The number of rotatable bonds is 18. The van der Waals surface area contributed by atoms with Gasteiger partial charge in [0.05, 0.1) is 6.10 Å². The second kappa shape index (κ2) is 19.4. The minimum atomic E-state index is -1.12. The number of carboxylic acid groups (broad SMARTS) is 1. The van der Waals surface area contributed by atoms with Gasteiger partial charge in [-0.1, -0.05) is 70.3 Å². The lowest BCUT2D eigenvalue weighted by atomic mass is 9.78.